The van der Waals surface area contributed by atoms with Crippen LogP contribution in [0.4, 0.5) is 0 Å². The summed E-state index contributed by atoms with van der Waals surface area (Å²) in [6.07, 6.45) is 1.91. The van der Waals surface area contributed by atoms with Gasteiger partial charge in [0, 0.05) is 28.2 Å². The molecule has 0 fully saturated rings. The third-order valence-corrected chi connectivity index (χ3v) is 4.34. The molecule has 3 nitrogen and oxygen atoms in total. The molecular formula is C22H17NO2. The molecule has 0 unspecified atom stereocenters. The van der Waals surface area contributed by atoms with Gasteiger partial charge in [0.1, 0.15) is 5.75 Å². The summed E-state index contributed by atoms with van der Waals surface area (Å²) in [5, 5.41) is 1.56. The molecular weight excluding hydrogens is 310 g/mol. The molecule has 1 heterocycles. The number of nitrogens with zero attached hydrogens (tertiary/aromatic N) is 1. The molecule has 122 valence electrons. The maximum Gasteiger partial charge on any atom is 0.262 e. The van der Waals surface area contributed by atoms with Crippen LogP contribution in [0.5, 0.6) is 5.75 Å². The van der Waals surface area contributed by atoms with Gasteiger partial charge in [-0.1, -0.05) is 48.5 Å². The van der Waals surface area contributed by atoms with Crippen LogP contribution in [0.25, 0.3) is 27.6 Å². The number of para-hydroxylation sites is 1. The highest BCUT2D eigenvalue weighted by Gasteiger charge is 2.12. The molecule has 0 spiro atoms. The van der Waals surface area contributed by atoms with Crippen molar-refractivity contribution < 1.29 is 4.74 Å². The molecule has 0 amide bonds. The largest absolute Gasteiger partial charge is 0.497 e. The molecule has 4 rings (SSSR count). The Morgan fingerprint density at radius 1 is 0.800 bits per heavy atom. The van der Waals surface area contributed by atoms with Crippen LogP contribution in [0.3, 0.4) is 0 Å². The first-order chi connectivity index (χ1) is 12.3. The number of pyridine rings is 1. The average Bonchev–Trinajstić information content (AvgIpc) is 2.69. The average molecular weight is 327 g/mol. The van der Waals surface area contributed by atoms with Gasteiger partial charge in [-0.15, -0.1) is 0 Å². The van der Waals surface area contributed by atoms with E-state index in [2.05, 4.69) is 0 Å². The minimum Gasteiger partial charge on any atom is -0.497 e. The monoisotopic (exact) mass is 327 g/mol. The van der Waals surface area contributed by atoms with Crippen LogP contribution >= 0.6 is 0 Å². The van der Waals surface area contributed by atoms with E-state index in [9.17, 15) is 4.79 Å². The summed E-state index contributed by atoms with van der Waals surface area (Å²) >= 11 is 0. The van der Waals surface area contributed by atoms with E-state index < -0.39 is 0 Å². The predicted molar refractivity (Wildman–Crippen MR) is 102 cm³/mol. The van der Waals surface area contributed by atoms with E-state index in [-0.39, 0.29) is 5.56 Å². The lowest BCUT2D eigenvalue weighted by atomic mass is 10.00. The highest BCUT2D eigenvalue weighted by molar-refractivity contribution is 5.96. The SMILES string of the molecule is COc1ccc2c(=O)n(-c3ccccc3)cc(-c3ccccc3)c2c1. The van der Waals surface area contributed by atoms with Crippen molar-refractivity contribution in [3.8, 4) is 22.6 Å². The Kier molecular flexibility index (Phi) is 3.82. The topological polar surface area (TPSA) is 31.2 Å². The third kappa shape index (κ3) is 2.70. The normalized spacial score (nSPS) is 10.8. The minimum atomic E-state index is -0.0384. The van der Waals surface area contributed by atoms with Gasteiger partial charge in [-0.25, -0.2) is 0 Å². The lowest BCUT2D eigenvalue weighted by molar-refractivity contribution is 0.415. The van der Waals surface area contributed by atoms with Crippen molar-refractivity contribution in [1.29, 1.82) is 0 Å². The Morgan fingerprint density at radius 3 is 2.16 bits per heavy atom. The fourth-order valence-corrected chi connectivity index (χ4v) is 3.07. The van der Waals surface area contributed by atoms with Crippen LogP contribution in [-0.4, -0.2) is 11.7 Å². The molecule has 0 saturated carbocycles. The molecule has 1 aromatic heterocycles. The third-order valence-electron chi connectivity index (χ3n) is 4.34. The van der Waals surface area contributed by atoms with E-state index in [1.54, 1.807) is 11.7 Å². The fourth-order valence-electron chi connectivity index (χ4n) is 3.07. The second-order valence-corrected chi connectivity index (χ2v) is 5.83. The van der Waals surface area contributed by atoms with Crippen molar-refractivity contribution in [1.82, 2.24) is 4.57 Å². The number of benzene rings is 3. The van der Waals surface area contributed by atoms with E-state index in [1.165, 1.54) is 0 Å². The van der Waals surface area contributed by atoms with Crippen molar-refractivity contribution in [2.75, 3.05) is 7.11 Å². The quantitative estimate of drug-likeness (QED) is 0.548. The number of rotatable bonds is 3. The fraction of sp³-hybridized carbons (Fsp3) is 0.0455. The molecule has 0 N–H and O–H groups in total. The Bertz CT molecular complexity index is 1080. The van der Waals surface area contributed by atoms with Crippen molar-refractivity contribution >= 4 is 10.8 Å². The Morgan fingerprint density at radius 2 is 1.48 bits per heavy atom. The van der Waals surface area contributed by atoms with Gasteiger partial charge >= 0.3 is 0 Å². The Balaban J connectivity index is 2.10. The van der Waals surface area contributed by atoms with Crippen molar-refractivity contribution in [3.63, 3.8) is 0 Å². The molecule has 0 atom stereocenters. The molecule has 0 saturated heterocycles. The second kappa shape index (κ2) is 6.29. The Hall–Kier alpha value is -3.33. The zero-order valence-electron chi connectivity index (χ0n) is 13.8. The minimum absolute atomic E-state index is 0.0384. The van der Waals surface area contributed by atoms with Gasteiger partial charge < -0.3 is 4.74 Å². The van der Waals surface area contributed by atoms with Gasteiger partial charge in [0.25, 0.3) is 5.56 Å². The molecule has 4 aromatic rings. The molecule has 0 bridgehead atoms. The summed E-state index contributed by atoms with van der Waals surface area (Å²) < 4.78 is 7.06. The van der Waals surface area contributed by atoms with Crippen LogP contribution < -0.4 is 10.3 Å². The summed E-state index contributed by atoms with van der Waals surface area (Å²) in [7, 11) is 1.63. The van der Waals surface area contributed by atoms with Gasteiger partial charge in [0.2, 0.25) is 0 Å². The van der Waals surface area contributed by atoms with Crippen LogP contribution in [0.1, 0.15) is 0 Å². The summed E-state index contributed by atoms with van der Waals surface area (Å²) in [4.78, 5) is 13.0. The smallest absolute Gasteiger partial charge is 0.262 e. The summed E-state index contributed by atoms with van der Waals surface area (Å²) in [5.41, 5.74) is 2.87. The standard InChI is InChI=1S/C22H17NO2/c1-25-18-12-13-19-20(14-18)21(16-8-4-2-5-9-16)15-23(22(19)24)17-10-6-3-7-11-17/h2-15H,1H3. The molecule has 0 aliphatic rings. The van der Waals surface area contributed by atoms with Crippen LogP contribution in [0, 0.1) is 0 Å². The number of aromatic nitrogens is 1. The highest BCUT2D eigenvalue weighted by Crippen LogP contribution is 2.30. The van der Waals surface area contributed by atoms with Crippen molar-refractivity contribution in [2.24, 2.45) is 0 Å². The van der Waals surface area contributed by atoms with E-state index >= 15 is 0 Å². The van der Waals surface area contributed by atoms with E-state index in [4.69, 9.17) is 4.74 Å². The molecule has 0 aliphatic carbocycles. The van der Waals surface area contributed by atoms with E-state index in [1.807, 2.05) is 85.1 Å². The lowest BCUT2D eigenvalue weighted by Crippen LogP contribution is -2.18. The summed E-state index contributed by atoms with van der Waals surface area (Å²) in [5.74, 6) is 0.738. The van der Waals surface area contributed by atoms with Crippen LogP contribution in [0.15, 0.2) is 89.9 Å². The maximum absolute atomic E-state index is 13.0. The van der Waals surface area contributed by atoms with Gasteiger partial charge in [-0.05, 0) is 35.9 Å². The lowest BCUT2D eigenvalue weighted by Gasteiger charge is -2.13. The number of fused-ring (bicyclic) bond motifs is 1. The van der Waals surface area contributed by atoms with Crippen molar-refractivity contribution in [2.45, 2.75) is 0 Å². The number of ether oxygens (including phenoxy) is 1. The van der Waals surface area contributed by atoms with Gasteiger partial charge in [-0.2, -0.15) is 0 Å². The zero-order valence-corrected chi connectivity index (χ0v) is 13.8. The Labute approximate surface area is 145 Å². The molecule has 25 heavy (non-hydrogen) atoms. The molecule has 3 heteroatoms. The van der Waals surface area contributed by atoms with Gasteiger partial charge in [-0.3, -0.25) is 9.36 Å². The number of hydrogen-bond acceptors (Lipinski definition) is 2. The first kappa shape index (κ1) is 15.2. The van der Waals surface area contributed by atoms with Crippen LogP contribution in [0.2, 0.25) is 0 Å². The number of hydrogen-bond donors (Lipinski definition) is 0. The summed E-state index contributed by atoms with van der Waals surface area (Å²) in [6, 6.07) is 25.4. The van der Waals surface area contributed by atoms with Gasteiger partial charge in [0.15, 0.2) is 0 Å². The molecule has 0 radical (unpaired) electrons. The maximum atomic E-state index is 13.0. The van der Waals surface area contributed by atoms with E-state index in [0.717, 1.165) is 28.0 Å². The molecule has 0 aliphatic heterocycles. The van der Waals surface area contributed by atoms with E-state index in [0.29, 0.717) is 5.39 Å². The highest BCUT2D eigenvalue weighted by atomic mass is 16.5. The second-order valence-electron chi connectivity index (χ2n) is 5.83. The molecule has 3 aromatic carbocycles. The number of methoxy groups -OCH3 is 1. The summed E-state index contributed by atoms with van der Waals surface area (Å²) in [6.45, 7) is 0. The predicted octanol–water partition coefficient (Wildman–Crippen LogP) is 4.67. The zero-order chi connectivity index (χ0) is 17.2. The van der Waals surface area contributed by atoms with Gasteiger partial charge in [0.05, 0.1) is 7.11 Å². The van der Waals surface area contributed by atoms with Crippen LogP contribution in [-0.2, 0) is 0 Å². The first-order valence-electron chi connectivity index (χ1n) is 8.12. The first-order valence-corrected chi connectivity index (χ1v) is 8.12. The van der Waals surface area contributed by atoms with Crippen molar-refractivity contribution in [3.05, 3.63) is 95.4 Å².